The molecule has 2 aromatic carbocycles. The number of rotatable bonds is 4. The van der Waals surface area contributed by atoms with Gasteiger partial charge in [-0.15, -0.1) is 0 Å². The van der Waals surface area contributed by atoms with Gasteiger partial charge < -0.3 is 9.80 Å². The second-order valence-electron chi connectivity index (χ2n) is 5.97. The van der Waals surface area contributed by atoms with Gasteiger partial charge in [0, 0.05) is 48.3 Å². The molecule has 0 atom stereocenters. The molecule has 5 heteroatoms. The molecule has 1 aliphatic rings. The summed E-state index contributed by atoms with van der Waals surface area (Å²) in [7, 11) is 0. The van der Waals surface area contributed by atoms with E-state index in [4.69, 9.17) is 23.2 Å². The van der Waals surface area contributed by atoms with Crippen LogP contribution in [0.15, 0.2) is 48.5 Å². The van der Waals surface area contributed by atoms with Gasteiger partial charge in [0.05, 0.1) is 0 Å². The molecule has 24 heavy (non-hydrogen) atoms. The van der Waals surface area contributed by atoms with Gasteiger partial charge in [-0.2, -0.15) is 0 Å². The van der Waals surface area contributed by atoms with E-state index in [1.54, 1.807) is 0 Å². The smallest absolute Gasteiger partial charge is 0.223 e. The molecule has 0 radical (unpaired) electrons. The van der Waals surface area contributed by atoms with Gasteiger partial charge in [0.25, 0.3) is 0 Å². The van der Waals surface area contributed by atoms with Crippen LogP contribution in [-0.2, 0) is 11.2 Å². The zero-order chi connectivity index (χ0) is 16.9. The number of halogens is 2. The summed E-state index contributed by atoms with van der Waals surface area (Å²) in [6.07, 6.45) is 1.29. The maximum Gasteiger partial charge on any atom is 0.223 e. The highest BCUT2D eigenvalue weighted by atomic mass is 35.5. The van der Waals surface area contributed by atoms with Crippen molar-refractivity contribution in [3.05, 3.63) is 64.1 Å². The van der Waals surface area contributed by atoms with Gasteiger partial charge in [-0.05, 0) is 42.3 Å². The fraction of sp³-hybridized carbons (Fsp3) is 0.316. The molecule has 0 saturated carbocycles. The van der Waals surface area contributed by atoms with Gasteiger partial charge in [0.1, 0.15) is 0 Å². The molecule has 3 nitrogen and oxygen atoms in total. The van der Waals surface area contributed by atoms with Crippen molar-refractivity contribution in [1.82, 2.24) is 4.90 Å². The van der Waals surface area contributed by atoms with Crippen LogP contribution < -0.4 is 4.90 Å². The molecule has 1 amide bonds. The molecule has 0 bridgehead atoms. The van der Waals surface area contributed by atoms with Crippen molar-refractivity contribution in [1.29, 1.82) is 0 Å². The molecule has 1 saturated heterocycles. The molecule has 3 rings (SSSR count). The number of carbonyl (C=O) groups excluding carboxylic acids is 1. The van der Waals surface area contributed by atoms with Crippen LogP contribution in [0, 0.1) is 0 Å². The monoisotopic (exact) mass is 362 g/mol. The summed E-state index contributed by atoms with van der Waals surface area (Å²) in [4.78, 5) is 16.6. The summed E-state index contributed by atoms with van der Waals surface area (Å²) in [6, 6.07) is 15.6. The number of aryl methyl sites for hydroxylation is 1. The van der Waals surface area contributed by atoms with Crippen molar-refractivity contribution in [3.8, 4) is 0 Å². The van der Waals surface area contributed by atoms with E-state index in [9.17, 15) is 4.79 Å². The predicted octanol–water partition coefficient (Wildman–Crippen LogP) is 4.27. The maximum absolute atomic E-state index is 12.4. The first-order valence-corrected chi connectivity index (χ1v) is 8.90. The molecule has 0 spiro atoms. The van der Waals surface area contributed by atoms with Crippen LogP contribution in [0.3, 0.4) is 0 Å². The second-order valence-corrected chi connectivity index (χ2v) is 6.85. The lowest BCUT2D eigenvalue weighted by Crippen LogP contribution is -2.48. The Morgan fingerprint density at radius 3 is 2.29 bits per heavy atom. The average Bonchev–Trinajstić information content (AvgIpc) is 2.61. The predicted molar refractivity (Wildman–Crippen MR) is 100 cm³/mol. The Morgan fingerprint density at radius 1 is 0.917 bits per heavy atom. The molecule has 1 heterocycles. The van der Waals surface area contributed by atoms with Crippen LogP contribution in [-0.4, -0.2) is 37.0 Å². The molecule has 126 valence electrons. The standard InChI is InChI=1S/C19H20Cl2N2O/c20-16-7-4-15(5-8-16)6-9-19(24)23-12-10-22(11-13-23)18-3-1-2-17(21)14-18/h1-5,7-8,14H,6,9-13H2. The summed E-state index contributed by atoms with van der Waals surface area (Å²) in [5.74, 6) is 0.218. The molecule has 0 unspecified atom stereocenters. The number of piperazine rings is 1. The Bertz CT molecular complexity index is 695. The summed E-state index contributed by atoms with van der Waals surface area (Å²) in [5.41, 5.74) is 2.26. The Morgan fingerprint density at radius 2 is 1.62 bits per heavy atom. The normalized spacial score (nSPS) is 14.8. The van der Waals surface area contributed by atoms with Crippen LogP contribution in [0.2, 0.25) is 10.0 Å². The molecular weight excluding hydrogens is 343 g/mol. The number of anilines is 1. The van der Waals surface area contributed by atoms with Crippen LogP contribution >= 0.6 is 23.2 Å². The topological polar surface area (TPSA) is 23.6 Å². The van der Waals surface area contributed by atoms with Gasteiger partial charge in [-0.25, -0.2) is 0 Å². The third kappa shape index (κ3) is 4.43. The van der Waals surface area contributed by atoms with E-state index >= 15 is 0 Å². The van der Waals surface area contributed by atoms with Crippen LogP contribution in [0.25, 0.3) is 0 Å². The molecule has 2 aromatic rings. The number of benzene rings is 2. The van der Waals surface area contributed by atoms with E-state index in [1.807, 2.05) is 47.4 Å². The number of nitrogens with zero attached hydrogens (tertiary/aromatic N) is 2. The summed E-state index contributed by atoms with van der Waals surface area (Å²) >= 11 is 11.9. The Balaban J connectivity index is 1.49. The number of carbonyl (C=O) groups is 1. The highest BCUT2D eigenvalue weighted by Crippen LogP contribution is 2.21. The summed E-state index contributed by atoms with van der Waals surface area (Å²) in [5, 5.41) is 1.47. The molecule has 0 aromatic heterocycles. The third-order valence-electron chi connectivity index (χ3n) is 4.35. The number of amides is 1. The zero-order valence-corrected chi connectivity index (χ0v) is 14.9. The van der Waals surface area contributed by atoms with Gasteiger partial charge in [-0.1, -0.05) is 41.4 Å². The molecule has 0 N–H and O–H groups in total. The van der Waals surface area contributed by atoms with E-state index in [2.05, 4.69) is 11.0 Å². The number of hydrogen-bond acceptors (Lipinski definition) is 2. The van der Waals surface area contributed by atoms with Crippen molar-refractivity contribution in [3.63, 3.8) is 0 Å². The van der Waals surface area contributed by atoms with Crippen LogP contribution in [0.1, 0.15) is 12.0 Å². The molecule has 0 aliphatic carbocycles. The quantitative estimate of drug-likeness (QED) is 0.810. The van der Waals surface area contributed by atoms with Gasteiger partial charge in [0.2, 0.25) is 5.91 Å². The minimum atomic E-state index is 0.218. The van der Waals surface area contributed by atoms with Gasteiger partial charge in [0.15, 0.2) is 0 Å². The lowest BCUT2D eigenvalue weighted by atomic mass is 10.1. The number of hydrogen-bond donors (Lipinski definition) is 0. The van der Waals surface area contributed by atoms with E-state index < -0.39 is 0 Å². The second kappa shape index (κ2) is 7.91. The highest BCUT2D eigenvalue weighted by Gasteiger charge is 2.21. The molecule has 1 fully saturated rings. The van der Waals surface area contributed by atoms with E-state index in [-0.39, 0.29) is 5.91 Å². The Kier molecular flexibility index (Phi) is 5.64. The third-order valence-corrected chi connectivity index (χ3v) is 4.83. The molecular formula is C19H20Cl2N2O. The maximum atomic E-state index is 12.4. The van der Waals surface area contributed by atoms with Crippen molar-refractivity contribution < 1.29 is 4.79 Å². The minimum Gasteiger partial charge on any atom is -0.368 e. The largest absolute Gasteiger partial charge is 0.368 e. The van der Waals surface area contributed by atoms with Crippen molar-refractivity contribution >= 4 is 34.8 Å². The fourth-order valence-electron chi connectivity index (χ4n) is 2.95. The first kappa shape index (κ1) is 17.1. The van der Waals surface area contributed by atoms with Crippen molar-refractivity contribution in [2.45, 2.75) is 12.8 Å². The Labute approximate surface area is 152 Å². The average molecular weight is 363 g/mol. The lowest BCUT2D eigenvalue weighted by Gasteiger charge is -2.36. The fourth-order valence-corrected chi connectivity index (χ4v) is 3.26. The lowest BCUT2D eigenvalue weighted by molar-refractivity contribution is -0.131. The first-order chi connectivity index (χ1) is 11.6. The molecule has 1 aliphatic heterocycles. The van der Waals surface area contributed by atoms with Gasteiger partial charge >= 0.3 is 0 Å². The van der Waals surface area contributed by atoms with Gasteiger partial charge in [-0.3, -0.25) is 4.79 Å². The van der Waals surface area contributed by atoms with E-state index in [0.717, 1.165) is 53.9 Å². The van der Waals surface area contributed by atoms with Crippen LogP contribution in [0.5, 0.6) is 0 Å². The van der Waals surface area contributed by atoms with Crippen molar-refractivity contribution in [2.75, 3.05) is 31.1 Å². The minimum absolute atomic E-state index is 0.218. The van der Waals surface area contributed by atoms with E-state index in [1.165, 1.54) is 0 Å². The van der Waals surface area contributed by atoms with Crippen LogP contribution in [0.4, 0.5) is 5.69 Å². The summed E-state index contributed by atoms with van der Waals surface area (Å²) in [6.45, 7) is 3.19. The summed E-state index contributed by atoms with van der Waals surface area (Å²) < 4.78 is 0. The highest BCUT2D eigenvalue weighted by molar-refractivity contribution is 6.31. The SMILES string of the molecule is O=C(CCc1ccc(Cl)cc1)N1CCN(c2cccc(Cl)c2)CC1. The first-order valence-electron chi connectivity index (χ1n) is 8.14. The Hall–Kier alpha value is -1.71. The van der Waals surface area contributed by atoms with Crippen molar-refractivity contribution in [2.24, 2.45) is 0 Å². The van der Waals surface area contributed by atoms with E-state index in [0.29, 0.717) is 6.42 Å². The zero-order valence-electron chi connectivity index (χ0n) is 13.4.